The van der Waals surface area contributed by atoms with Crippen LogP contribution >= 0.6 is 0 Å². The molecule has 0 saturated heterocycles. The summed E-state index contributed by atoms with van der Waals surface area (Å²) in [6.07, 6.45) is 5.64. The molecule has 0 radical (unpaired) electrons. The SMILES string of the molecule is Cc1ccccc1C(=O)Nc1ccc(N(C)C)c(C(=O)NC2CCCCC2)c1. The van der Waals surface area contributed by atoms with Crippen molar-refractivity contribution >= 4 is 23.2 Å². The normalized spacial score (nSPS) is 14.4. The fraction of sp³-hybridized carbons (Fsp3) is 0.391. The summed E-state index contributed by atoms with van der Waals surface area (Å²) < 4.78 is 0. The smallest absolute Gasteiger partial charge is 0.255 e. The van der Waals surface area contributed by atoms with E-state index in [2.05, 4.69) is 10.6 Å². The summed E-state index contributed by atoms with van der Waals surface area (Å²) in [5.74, 6) is -0.253. The lowest BCUT2D eigenvalue weighted by Crippen LogP contribution is -2.36. The van der Waals surface area contributed by atoms with Gasteiger partial charge >= 0.3 is 0 Å². The molecule has 5 nitrogen and oxygen atoms in total. The molecule has 2 aromatic rings. The largest absolute Gasteiger partial charge is 0.377 e. The molecule has 0 spiro atoms. The summed E-state index contributed by atoms with van der Waals surface area (Å²) in [6, 6.07) is 13.2. The molecule has 5 heteroatoms. The third-order valence-electron chi connectivity index (χ3n) is 5.31. The maximum Gasteiger partial charge on any atom is 0.255 e. The van der Waals surface area contributed by atoms with Gasteiger partial charge in [-0.1, -0.05) is 37.5 Å². The number of benzene rings is 2. The van der Waals surface area contributed by atoms with E-state index in [0.29, 0.717) is 16.8 Å². The first-order valence-corrected chi connectivity index (χ1v) is 9.95. The van der Waals surface area contributed by atoms with Crippen LogP contribution in [0, 0.1) is 6.92 Å². The lowest BCUT2D eigenvalue weighted by molar-refractivity contribution is 0.0927. The molecule has 0 unspecified atom stereocenters. The van der Waals surface area contributed by atoms with Gasteiger partial charge in [-0.15, -0.1) is 0 Å². The van der Waals surface area contributed by atoms with Crippen molar-refractivity contribution in [2.75, 3.05) is 24.3 Å². The number of hydrogen-bond donors (Lipinski definition) is 2. The Morgan fingerprint density at radius 3 is 2.32 bits per heavy atom. The number of anilines is 2. The Bertz CT molecular complexity index is 855. The monoisotopic (exact) mass is 379 g/mol. The minimum absolute atomic E-state index is 0.0809. The van der Waals surface area contributed by atoms with E-state index in [0.717, 1.165) is 36.9 Å². The average molecular weight is 380 g/mol. The summed E-state index contributed by atoms with van der Waals surface area (Å²) in [6.45, 7) is 1.91. The van der Waals surface area contributed by atoms with Crippen molar-refractivity contribution in [3.63, 3.8) is 0 Å². The second kappa shape index (κ2) is 8.91. The predicted molar refractivity (Wildman–Crippen MR) is 114 cm³/mol. The van der Waals surface area contributed by atoms with Gasteiger partial charge in [0.25, 0.3) is 11.8 Å². The number of nitrogens with zero attached hydrogens (tertiary/aromatic N) is 1. The maximum absolute atomic E-state index is 12.9. The molecule has 3 rings (SSSR count). The van der Waals surface area contributed by atoms with E-state index in [1.165, 1.54) is 6.42 Å². The second-order valence-electron chi connectivity index (χ2n) is 7.70. The highest BCUT2D eigenvalue weighted by molar-refractivity contribution is 6.07. The molecule has 0 heterocycles. The van der Waals surface area contributed by atoms with Crippen LogP contribution in [-0.2, 0) is 0 Å². The second-order valence-corrected chi connectivity index (χ2v) is 7.70. The van der Waals surface area contributed by atoms with E-state index < -0.39 is 0 Å². The minimum atomic E-state index is -0.172. The summed E-state index contributed by atoms with van der Waals surface area (Å²) in [7, 11) is 3.83. The molecule has 1 aliphatic rings. The first kappa shape index (κ1) is 19.9. The molecule has 28 heavy (non-hydrogen) atoms. The molecular formula is C23H29N3O2. The maximum atomic E-state index is 12.9. The lowest BCUT2D eigenvalue weighted by Gasteiger charge is -2.24. The van der Waals surface area contributed by atoms with E-state index in [1.807, 2.05) is 56.3 Å². The molecule has 0 aromatic heterocycles. The third-order valence-corrected chi connectivity index (χ3v) is 5.31. The van der Waals surface area contributed by atoms with Crippen LogP contribution in [0.3, 0.4) is 0 Å². The fourth-order valence-electron chi connectivity index (χ4n) is 3.72. The van der Waals surface area contributed by atoms with Crippen molar-refractivity contribution in [3.8, 4) is 0 Å². The molecule has 0 atom stereocenters. The number of carbonyl (C=O) groups excluding carboxylic acids is 2. The Morgan fingerprint density at radius 2 is 1.64 bits per heavy atom. The topological polar surface area (TPSA) is 61.4 Å². The van der Waals surface area contributed by atoms with Gasteiger partial charge in [-0.05, 0) is 49.6 Å². The highest BCUT2D eigenvalue weighted by Crippen LogP contribution is 2.25. The van der Waals surface area contributed by atoms with E-state index in [4.69, 9.17) is 0 Å². The molecule has 1 aliphatic carbocycles. The Labute approximate surface area is 167 Å². The molecule has 1 fully saturated rings. The Hall–Kier alpha value is -2.82. The van der Waals surface area contributed by atoms with E-state index >= 15 is 0 Å². The van der Waals surface area contributed by atoms with Crippen LogP contribution in [0.4, 0.5) is 11.4 Å². The lowest BCUT2D eigenvalue weighted by atomic mass is 9.95. The first-order valence-electron chi connectivity index (χ1n) is 9.95. The van der Waals surface area contributed by atoms with Crippen LogP contribution < -0.4 is 15.5 Å². The van der Waals surface area contributed by atoms with Crippen LogP contribution in [0.5, 0.6) is 0 Å². The zero-order chi connectivity index (χ0) is 20.1. The summed E-state index contributed by atoms with van der Waals surface area (Å²) >= 11 is 0. The fourth-order valence-corrected chi connectivity index (χ4v) is 3.72. The van der Waals surface area contributed by atoms with Crippen molar-refractivity contribution in [1.29, 1.82) is 0 Å². The van der Waals surface area contributed by atoms with Crippen LogP contribution in [-0.4, -0.2) is 32.0 Å². The van der Waals surface area contributed by atoms with Gasteiger partial charge in [0.15, 0.2) is 0 Å². The molecule has 2 amide bonds. The number of nitrogens with one attached hydrogen (secondary N) is 2. The van der Waals surface area contributed by atoms with E-state index in [1.54, 1.807) is 12.1 Å². The Balaban J connectivity index is 1.81. The molecule has 1 saturated carbocycles. The molecular weight excluding hydrogens is 350 g/mol. The number of amides is 2. The van der Waals surface area contributed by atoms with Crippen LogP contribution in [0.2, 0.25) is 0 Å². The van der Waals surface area contributed by atoms with Gasteiger partial charge in [0.2, 0.25) is 0 Å². The highest BCUT2D eigenvalue weighted by atomic mass is 16.2. The molecule has 148 valence electrons. The van der Waals surface area contributed by atoms with Gasteiger partial charge in [-0.3, -0.25) is 9.59 Å². The molecule has 0 aliphatic heterocycles. The quantitative estimate of drug-likeness (QED) is 0.811. The Kier molecular flexibility index (Phi) is 6.34. The van der Waals surface area contributed by atoms with Gasteiger partial charge in [-0.25, -0.2) is 0 Å². The van der Waals surface area contributed by atoms with Gasteiger partial charge in [0.05, 0.1) is 5.56 Å². The van der Waals surface area contributed by atoms with Gasteiger partial charge in [0, 0.05) is 37.1 Å². The van der Waals surface area contributed by atoms with Gasteiger partial charge < -0.3 is 15.5 Å². The van der Waals surface area contributed by atoms with Crippen LogP contribution in [0.25, 0.3) is 0 Å². The third kappa shape index (κ3) is 4.71. The van der Waals surface area contributed by atoms with Gasteiger partial charge in [-0.2, -0.15) is 0 Å². The number of rotatable bonds is 5. The molecule has 0 bridgehead atoms. The van der Waals surface area contributed by atoms with Crippen LogP contribution in [0.1, 0.15) is 58.4 Å². The number of carbonyl (C=O) groups is 2. The minimum Gasteiger partial charge on any atom is -0.377 e. The van der Waals surface area contributed by atoms with Gasteiger partial charge in [0.1, 0.15) is 0 Å². The van der Waals surface area contributed by atoms with Crippen molar-refractivity contribution in [2.24, 2.45) is 0 Å². The van der Waals surface area contributed by atoms with Crippen molar-refractivity contribution in [3.05, 3.63) is 59.2 Å². The number of hydrogen-bond acceptors (Lipinski definition) is 3. The van der Waals surface area contributed by atoms with Crippen molar-refractivity contribution < 1.29 is 9.59 Å². The van der Waals surface area contributed by atoms with E-state index in [-0.39, 0.29) is 17.9 Å². The summed E-state index contributed by atoms with van der Waals surface area (Å²) in [5, 5.41) is 6.10. The Morgan fingerprint density at radius 1 is 0.929 bits per heavy atom. The standard InChI is InChI=1S/C23H29N3O2/c1-16-9-7-8-12-19(16)22(27)25-18-13-14-21(26(2)3)20(15-18)23(28)24-17-10-5-4-6-11-17/h7-9,12-15,17H,4-6,10-11H2,1-3H3,(H,24,28)(H,25,27). The zero-order valence-electron chi connectivity index (χ0n) is 16.9. The summed E-state index contributed by atoms with van der Waals surface area (Å²) in [4.78, 5) is 27.5. The van der Waals surface area contributed by atoms with Crippen molar-refractivity contribution in [2.45, 2.75) is 45.1 Å². The van der Waals surface area contributed by atoms with E-state index in [9.17, 15) is 9.59 Å². The van der Waals surface area contributed by atoms with Crippen molar-refractivity contribution in [1.82, 2.24) is 5.32 Å². The molecule has 2 aromatic carbocycles. The predicted octanol–water partition coefficient (Wildman–Crippen LogP) is 4.38. The highest BCUT2D eigenvalue weighted by Gasteiger charge is 2.20. The summed E-state index contributed by atoms with van der Waals surface area (Å²) in [5.41, 5.74) is 3.58. The molecule has 2 N–H and O–H groups in total. The average Bonchev–Trinajstić information content (AvgIpc) is 2.68. The van der Waals surface area contributed by atoms with Crippen LogP contribution in [0.15, 0.2) is 42.5 Å². The zero-order valence-corrected chi connectivity index (χ0v) is 16.9. The first-order chi connectivity index (χ1) is 13.5. The number of aryl methyl sites for hydroxylation is 1.